The predicted octanol–water partition coefficient (Wildman–Crippen LogP) is 3.65. The van der Waals surface area contributed by atoms with Crippen molar-refractivity contribution in [3.63, 3.8) is 0 Å². The highest BCUT2D eigenvalue weighted by molar-refractivity contribution is 7.15. The van der Waals surface area contributed by atoms with Crippen LogP contribution in [0, 0.1) is 21.4 Å². The molecule has 7 nitrogen and oxygen atoms in total. The molecule has 124 valence electrons. The molecule has 0 amide bonds. The molecule has 2 aromatic heterocycles. The zero-order chi connectivity index (χ0) is 17.4. The van der Waals surface area contributed by atoms with Gasteiger partial charge in [0.1, 0.15) is 17.4 Å². The average molecular weight is 351 g/mol. The van der Waals surface area contributed by atoms with Gasteiger partial charge in [0.25, 0.3) is 5.69 Å². The van der Waals surface area contributed by atoms with Crippen LogP contribution in [0.4, 0.5) is 5.69 Å². The Balaban J connectivity index is 1.82. The number of nitrogens with zero attached hydrogens (tertiary/aromatic N) is 5. The van der Waals surface area contributed by atoms with Gasteiger partial charge in [-0.15, -0.1) is 11.3 Å². The molecule has 2 heterocycles. The van der Waals surface area contributed by atoms with Crippen molar-refractivity contribution >= 4 is 17.0 Å². The molecule has 1 aliphatic carbocycles. The maximum atomic E-state index is 10.8. The topological polar surface area (TPSA) is 97.6 Å². The summed E-state index contributed by atoms with van der Waals surface area (Å²) < 4.78 is 1.67. The lowest BCUT2D eigenvalue weighted by atomic mass is 9.96. The van der Waals surface area contributed by atoms with Gasteiger partial charge in [-0.05, 0) is 43.4 Å². The monoisotopic (exact) mass is 351 g/mol. The van der Waals surface area contributed by atoms with Gasteiger partial charge in [0.2, 0.25) is 0 Å². The summed E-state index contributed by atoms with van der Waals surface area (Å²) in [6.07, 6.45) is 5.61. The summed E-state index contributed by atoms with van der Waals surface area (Å²) in [6.45, 7) is 0. The number of thiophene rings is 1. The molecule has 0 aliphatic heterocycles. The van der Waals surface area contributed by atoms with E-state index in [1.54, 1.807) is 28.2 Å². The lowest BCUT2D eigenvalue weighted by Gasteiger charge is -2.09. The van der Waals surface area contributed by atoms with Crippen LogP contribution in [0.3, 0.4) is 0 Å². The molecule has 0 unspecified atom stereocenters. The molecule has 25 heavy (non-hydrogen) atoms. The first-order valence-corrected chi connectivity index (χ1v) is 8.70. The Morgan fingerprint density at radius 1 is 1.24 bits per heavy atom. The van der Waals surface area contributed by atoms with Gasteiger partial charge in [-0.2, -0.15) is 10.4 Å². The van der Waals surface area contributed by atoms with Crippen molar-refractivity contribution in [1.82, 2.24) is 14.8 Å². The number of aromatic nitrogens is 3. The molecular weight excluding hydrogens is 338 g/mol. The molecule has 0 spiro atoms. The third kappa shape index (κ3) is 2.58. The van der Waals surface area contributed by atoms with Gasteiger partial charge < -0.3 is 0 Å². The minimum Gasteiger partial charge on any atom is -0.258 e. The second-order valence-electron chi connectivity index (χ2n) is 5.80. The smallest absolute Gasteiger partial charge is 0.258 e. The Labute approximate surface area is 147 Å². The van der Waals surface area contributed by atoms with Crippen molar-refractivity contribution in [2.45, 2.75) is 25.7 Å². The van der Waals surface area contributed by atoms with Crippen molar-refractivity contribution in [3.8, 4) is 22.5 Å². The maximum absolute atomic E-state index is 10.8. The number of fused-ring (bicyclic) bond motifs is 1. The van der Waals surface area contributed by atoms with Crippen molar-refractivity contribution < 1.29 is 4.92 Å². The van der Waals surface area contributed by atoms with Gasteiger partial charge >= 0.3 is 0 Å². The first kappa shape index (κ1) is 15.5. The number of nitro groups is 1. The molecule has 0 bridgehead atoms. The van der Waals surface area contributed by atoms with Crippen LogP contribution >= 0.6 is 11.3 Å². The summed E-state index contributed by atoms with van der Waals surface area (Å²) in [4.78, 5) is 15.9. The summed E-state index contributed by atoms with van der Waals surface area (Å²) in [5.41, 5.74) is 2.56. The minimum absolute atomic E-state index is 0.0270. The second kappa shape index (κ2) is 6.11. The zero-order valence-corrected chi connectivity index (χ0v) is 14.0. The summed E-state index contributed by atoms with van der Waals surface area (Å²) >= 11 is 1.59. The number of aryl methyl sites for hydroxylation is 1. The molecular formula is C17H13N5O2S. The highest BCUT2D eigenvalue weighted by Crippen LogP contribution is 2.37. The summed E-state index contributed by atoms with van der Waals surface area (Å²) in [7, 11) is 0. The van der Waals surface area contributed by atoms with E-state index < -0.39 is 4.92 Å². The number of rotatable bonds is 3. The van der Waals surface area contributed by atoms with E-state index in [9.17, 15) is 15.4 Å². The fourth-order valence-electron chi connectivity index (χ4n) is 3.14. The normalized spacial score (nSPS) is 13.2. The van der Waals surface area contributed by atoms with Crippen molar-refractivity contribution in [3.05, 3.63) is 56.7 Å². The largest absolute Gasteiger partial charge is 0.269 e. The van der Waals surface area contributed by atoms with E-state index in [4.69, 9.17) is 0 Å². The Morgan fingerprint density at radius 2 is 2.00 bits per heavy atom. The number of non-ortho nitro benzene ring substituents is 1. The Bertz CT molecular complexity index is 997. The van der Waals surface area contributed by atoms with Gasteiger partial charge in [0, 0.05) is 22.6 Å². The average Bonchev–Trinajstić information content (AvgIpc) is 3.25. The van der Waals surface area contributed by atoms with E-state index in [0.29, 0.717) is 11.4 Å². The molecule has 1 aliphatic rings. The van der Waals surface area contributed by atoms with Crippen LogP contribution < -0.4 is 0 Å². The fraction of sp³-hybridized carbons (Fsp3) is 0.235. The van der Waals surface area contributed by atoms with Crippen LogP contribution in [-0.4, -0.2) is 19.7 Å². The lowest BCUT2D eigenvalue weighted by Crippen LogP contribution is -2.02. The molecule has 1 aromatic carbocycles. The molecule has 0 fully saturated rings. The van der Waals surface area contributed by atoms with E-state index in [1.165, 1.54) is 23.3 Å². The highest BCUT2D eigenvalue weighted by atomic mass is 32.1. The Kier molecular flexibility index (Phi) is 3.78. The molecule has 0 radical (unpaired) electrons. The van der Waals surface area contributed by atoms with Crippen LogP contribution in [0.5, 0.6) is 0 Å². The molecule has 8 heteroatoms. The Hall–Kier alpha value is -3.05. The number of hydrogen-bond acceptors (Lipinski definition) is 6. The van der Waals surface area contributed by atoms with Crippen molar-refractivity contribution in [2.24, 2.45) is 0 Å². The zero-order valence-electron chi connectivity index (χ0n) is 13.2. The van der Waals surface area contributed by atoms with E-state index in [0.717, 1.165) is 41.8 Å². The first-order valence-electron chi connectivity index (χ1n) is 7.89. The summed E-state index contributed by atoms with van der Waals surface area (Å²) in [6, 6.07) is 8.52. The molecule has 0 atom stereocenters. The van der Waals surface area contributed by atoms with Gasteiger partial charge in [-0.3, -0.25) is 10.1 Å². The van der Waals surface area contributed by atoms with E-state index in [-0.39, 0.29) is 5.69 Å². The van der Waals surface area contributed by atoms with Gasteiger partial charge in [-0.25, -0.2) is 9.67 Å². The third-order valence-electron chi connectivity index (χ3n) is 4.34. The van der Waals surface area contributed by atoms with Gasteiger partial charge in [0.05, 0.1) is 10.5 Å². The highest BCUT2D eigenvalue weighted by Gasteiger charge is 2.24. The molecule has 0 saturated heterocycles. The quantitative estimate of drug-likeness (QED) is 0.530. The summed E-state index contributed by atoms with van der Waals surface area (Å²) in [5.74, 6) is 0.574. The first-order chi connectivity index (χ1) is 12.2. The van der Waals surface area contributed by atoms with E-state index in [2.05, 4.69) is 16.2 Å². The number of nitro benzene ring substituents is 1. The minimum atomic E-state index is -0.435. The van der Waals surface area contributed by atoms with Crippen LogP contribution in [0.15, 0.2) is 30.6 Å². The molecule has 0 saturated carbocycles. The maximum Gasteiger partial charge on any atom is 0.269 e. The molecule has 4 rings (SSSR count). The van der Waals surface area contributed by atoms with E-state index in [1.807, 2.05) is 0 Å². The number of benzene rings is 1. The number of hydrogen-bond donors (Lipinski definition) is 0. The second-order valence-corrected chi connectivity index (χ2v) is 6.89. The summed E-state index contributed by atoms with van der Waals surface area (Å²) in [5, 5.41) is 25.5. The van der Waals surface area contributed by atoms with Crippen LogP contribution in [0.1, 0.15) is 28.8 Å². The molecule has 3 aromatic rings. The van der Waals surface area contributed by atoms with Crippen molar-refractivity contribution in [1.29, 1.82) is 5.26 Å². The Morgan fingerprint density at radius 3 is 2.72 bits per heavy atom. The van der Waals surface area contributed by atoms with Gasteiger partial charge in [0.15, 0.2) is 5.82 Å². The van der Waals surface area contributed by atoms with Crippen LogP contribution in [0.2, 0.25) is 0 Å². The predicted molar refractivity (Wildman–Crippen MR) is 92.7 cm³/mol. The fourth-order valence-corrected chi connectivity index (χ4v) is 4.43. The van der Waals surface area contributed by atoms with Crippen molar-refractivity contribution in [2.75, 3.05) is 0 Å². The lowest BCUT2D eigenvalue weighted by molar-refractivity contribution is -0.384. The SMILES string of the molecule is N#Cc1c(-n2ncnc2-c2ccc([N+](=O)[O-])cc2)sc2c1CCCC2. The van der Waals surface area contributed by atoms with Gasteiger partial charge in [-0.1, -0.05) is 0 Å². The van der Waals surface area contributed by atoms with Crippen LogP contribution in [-0.2, 0) is 12.8 Å². The standard InChI is InChI=1S/C17H13N5O2S/c18-9-14-13-3-1-2-4-15(13)25-17(14)21-16(19-10-20-21)11-5-7-12(8-6-11)22(23)24/h5-8,10H,1-4H2. The molecule has 0 N–H and O–H groups in total. The van der Waals surface area contributed by atoms with Crippen LogP contribution in [0.25, 0.3) is 16.4 Å². The number of nitriles is 1. The van der Waals surface area contributed by atoms with E-state index >= 15 is 0 Å². The third-order valence-corrected chi connectivity index (χ3v) is 5.61.